The summed E-state index contributed by atoms with van der Waals surface area (Å²) in [5.41, 5.74) is 2.37. The number of carbonyl (C=O) groups is 1. The maximum absolute atomic E-state index is 11.9. The van der Waals surface area contributed by atoms with Crippen LogP contribution in [-0.4, -0.2) is 18.7 Å². The van der Waals surface area contributed by atoms with E-state index in [1.54, 1.807) is 24.4 Å². The first-order chi connectivity index (χ1) is 12.7. The average Bonchev–Trinajstić information content (AvgIpc) is 2.67. The summed E-state index contributed by atoms with van der Waals surface area (Å²) in [6.45, 7) is -0.0536. The molecular formula is C21H17ClN2O2. The van der Waals surface area contributed by atoms with Crippen molar-refractivity contribution in [1.82, 2.24) is 0 Å². The van der Waals surface area contributed by atoms with Crippen molar-refractivity contribution in [3.05, 3.63) is 89.4 Å². The lowest BCUT2D eigenvalue weighted by Crippen LogP contribution is -2.20. The molecule has 1 amide bonds. The predicted octanol–water partition coefficient (Wildman–Crippen LogP) is 5.11. The van der Waals surface area contributed by atoms with Crippen LogP contribution in [-0.2, 0) is 4.79 Å². The highest BCUT2D eigenvalue weighted by molar-refractivity contribution is 6.33. The van der Waals surface area contributed by atoms with Gasteiger partial charge in [0.25, 0.3) is 5.91 Å². The first-order valence-corrected chi connectivity index (χ1v) is 8.45. The van der Waals surface area contributed by atoms with Gasteiger partial charge >= 0.3 is 0 Å². The minimum atomic E-state index is -0.208. The van der Waals surface area contributed by atoms with Crippen molar-refractivity contribution in [2.45, 2.75) is 0 Å². The quantitative estimate of drug-likeness (QED) is 0.618. The fourth-order valence-corrected chi connectivity index (χ4v) is 2.40. The Morgan fingerprint density at radius 3 is 2.38 bits per heavy atom. The van der Waals surface area contributed by atoms with Gasteiger partial charge in [0.2, 0.25) is 0 Å². The van der Waals surface area contributed by atoms with Gasteiger partial charge in [0.05, 0.1) is 10.7 Å². The SMILES string of the molecule is O=C(COc1ccc(C=Nc2ccccc2Cl)cc1)Nc1ccccc1. The van der Waals surface area contributed by atoms with E-state index in [2.05, 4.69) is 10.3 Å². The highest BCUT2D eigenvalue weighted by Crippen LogP contribution is 2.23. The second-order valence-electron chi connectivity index (χ2n) is 5.48. The normalized spacial score (nSPS) is 10.7. The van der Waals surface area contributed by atoms with Crippen LogP contribution in [0.15, 0.2) is 83.9 Å². The molecule has 0 heterocycles. The van der Waals surface area contributed by atoms with E-state index in [0.717, 1.165) is 11.3 Å². The molecule has 0 fully saturated rings. The van der Waals surface area contributed by atoms with Gasteiger partial charge in [0.1, 0.15) is 5.75 Å². The lowest BCUT2D eigenvalue weighted by molar-refractivity contribution is -0.118. The Kier molecular flexibility index (Phi) is 6.01. The molecule has 0 aliphatic rings. The van der Waals surface area contributed by atoms with Crippen LogP contribution in [0.1, 0.15) is 5.56 Å². The first-order valence-electron chi connectivity index (χ1n) is 8.07. The highest BCUT2D eigenvalue weighted by atomic mass is 35.5. The Morgan fingerprint density at radius 2 is 1.65 bits per heavy atom. The number of carbonyl (C=O) groups excluding carboxylic acids is 1. The molecule has 0 radical (unpaired) electrons. The molecule has 0 unspecified atom stereocenters. The predicted molar refractivity (Wildman–Crippen MR) is 106 cm³/mol. The van der Waals surface area contributed by atoms with Crippen LogP contribution < -0.4 is 10.1 Å². The van der Waals surface area contributed by atoms with Gasteiger partial charge < -0.3 is 10.1 Å². The fraction of sp³-hybridized carbons (Fsp3) is 0.0476. The monoisotopic (exact) mass is 364 g/mol. The van der Waals surface area contributed by atoms with E-state index < -0.39 is 0 Å². The Labute approximate surface area is 157 Å². The van der Waals surface area contributed by atoms with E-state index in [1.807, 2.05) is 60.7 Å². The summed E-state index contributed by atoms with van der Waals surface area (Å²) in [7, 11) is 0. The summed E-state index contributed by atoms with van der Waals surface area (Å²) in [4.78, 5) is 16.2. The Morgan fingerprint density at radius 1 is 0.962 bits per heavy atom. The van der Waals surface area contributed by atoms with Crippen molar-refractivity contribution < 1.29 is 9.53 Å². The molecule has 3 aromatic carbocycles. The molecule has 0 bridgehead atoms. The van der Waals surface area contributed by atoms with E-state index in [-0.39, 0.29) is 12.5 Å². The zero-order valence-electron chi connectivity index (χ0n) is 13.9. The van der Waals surface area contributed by atoms with Crippen molar-refractivity contribution in [1.29, 1.82) is 0 Å². The number of anilines is 1. The maximum Gasteiger partial charge on any atom is 0.262 e. The molecule has 0 saturated carbocycles. The topological polar surface area (TPSA) is 50.7 Å². The first kappa shape index (κ1) is 17.7. The minimum absolute atomic E-state index is 0.0536. The Bertz CT molecular complexity index is 893. The molecule has 0 aliphatic heterocycles. The summed E-state index contributed by atoms with van der Waals surface area (Å²) in [6, 6.07) is 24.0. The van der Waals surface area contributed by atoms with Gasteiger partial charge in [-0.2, -0.15) is 0 Å². The van der Waals surface area contributed by atoms with Crippen molar-refractivity contribution in [3.63, 3.8) is 0 Å². The molecule has 0 atom stereocenters. The number of para-hydroxylation sites is 2. The third-order valence-electron chi connectivity index (χ3n) is 3.51. The Balaban J connectivity index is 1.53. The molecule has 5 heteroatoms. The molecule has 130 valence electrons. The summed E-state index contributed by atoms with van der Waals surface area (Å²) in [6.07, 6.45) is 1.73. The molecule has 0 saturated heterocycles. The summed E-state index contributed by atoms with van der Waals surface area (Å²) in [5.74, 6) is 0.406. The molecule has 1 N–H and O–H groups in total. The lowest BCUT2D eigenvalue weighted by atomic mass is 10.2. The van der Waals surface area contributed by atoms with Gasteiger partial charge in [-0.05, 0) is 54.1 Å². The van der Waals surface area contributed by atoms with E-state index in [0.29, 0.717) is 16.5 Å². The average molecular weight is 365 g/mol. The van der Waals surface area contributed by atoms with Crippen LogP contribution in [0.25, 0.3) is 0 Å². The number of ether oxygens (including phenoxy) is 1. The van der Waals surface area contributed by atoms with Gasteiger partial charge in [0, 0.05) is 11.9 Å². The van der Waals surface area contributed by atoms with Crippen LogP contribution in [0.5, 0.6) is 5.75 Å². The van der Waals surface area contributed by atoms with Gasteiger partial charge in [-0.15, -0.1) is 0 Å². The zero-order valence-corrected chi connectivity index (χ0v) is 14.7. The van der Waals surface area contributed by atoms with E-state index >= 15 is 0 Å². The van der Waals surface area contributed by atoms with E-state index in [1.165, 1.54) is 0 Å². The van der Waals surface area contributed by atoms with Gasteiger partial charge in [-0.25, -0.2) is 0 Å². The number of halogens is 1. The molecule has 0 aromatic heterocycles. The number of rotatable bonds is 6. The lowest BCUT2D eigenvalue weighted by Gasteiger charge is -2.07. The van der Waals surface area contributed by atoms with Crippen molar-refractivity contribution >= 4 is 35.1 Å². The molecular weight excluding hydrogens is 348 g/mol. The zero-order chi connectivity index (χ0) is 18.2. The fourth-order valence-electron chi connectivity index (χ4n) is 2.22. The van der Waals surface area contributed by atoms with Gasteiger partial charge in [-0.3, -0.25) is 9.79 Å². The standard InChI is InChI=1S/C21H17ClN2O2/c22-19-8-4-5-9-20(19)23-14-16-10-12-18(13-11-16)26-15-21(25)24-17-6-2-1-3-7-17/h1-14H,15H2,(H,24,25). The van der Waals surface area contributed by atoms with Crippen molar-refractivity contribution in [2.75, 3.05) is 11.9 Å². The number of nitrogens with one attached hydrogen (secondary N) is 1. The number of hydrogen-bond acceptors (Lipinski definition) is 3. The minimum Gasteiger partial charge on any atom is -0.484 e. The molecule has 0 aliphatic carbocycles. The number of hydrogen-bond donors (Lipinski definition) is 1. The second kappa shape index (κ2) is 8.83. The van der Waals surface area contributed by atoms with Gasteiger partial charge in [-0.1, -0.05) is 41.9 Å². The molecule has 26 heavy (non-hydrogen) atoms. The second-order valence-corrected chi connectivity index (χ2v) is 5.89. The number of amides is 1. The molecule has 3 rings (SSSR count). The largest absolute Gasteiger partial charge is 0.484 e. The van der Waals surface area contributed by atoms with Gasteiger partial charge in [0.15, 0.2) is 6.61 Å². The molecule has 3 aromatic rings. The van der Waals surface area contributed by atoms with E-state index in [9.17, 15) is 4.79 Å². The third-order valence-corrected chi connectivity index (χ3v) is 3.83. The smallest absolute Gasteiger partial charge is 0.262 e. The van der Waals surface area contributed by atoms with Crippen LogP contribution in [0.4, 0.5) is 11.4 Å². The van der Waals surface area contributed by atoms with E-state index in [4.69, 9.17) is 16.3 Å². The van der Waals surface area contributed by atoms with Crippen molar-refractivity contribution in [3.8, 4) is 5.75 Å². The number of aliphatic imine (C=N–C) groups is 1. The summed E-state index contributed by atoms with van der Waals surface area (Å²) >= 11 is 6.07. The third kappa shape index (κ3) is 5.19. The summed E-state index contributed by atoms with van der Waals surface area (Å²) in [5, 5.41) is 3.37. The highest BCUT2D eigenvalue weighted by Gasteiger charge is 2.03. The van der Waals surface area contributed by atoms with Crippen molar-refractivity contribution in [2.24, 2.45) is 4.99 Å². The number of nitrogens with zero attached hydrogens (tertiary/aromatic N) is 1. The van der Waals surface area contributed by atoms with Crippen LogP contribution in [0, 0.1) is 0 Å². The van der Waals surface area contributed by atoms with Crippen LogP contribution in [0.2, 0.25) is 5.02 Å². The molecule has 0 spiro atoms. The Hall–Kier alpha value is -3.11. The summed E-state index contributed by atoms with van der Waals surface area (Å²) < 4.78 is 5.50. The van der Waals surface area contributed by atoms with Crippen LogP contribution in [0.3, 0.4) is 0 Å². The molecule has 4 nitrogen and oxygen atoms in total. The number of benzene rings is 3. The maximum atomic E-state index is 11.9. The van der Waals surface area contributed by atoms with Crippen LogP contribution >= 0.6 is 11.6 Å².